The van der Waals surface area contributed by atoms with Gasteiger partial charge in [0.05, 0.1) is 18.0 Å². The molecule has 1 fully saturated rings. The number of nitrogens with one attached hydrogen (secondary N) is 1. The molecule has 3 rings (SSSR count). The molecular weight excluding hydrogens is 397 g/mol. The van der Waals surface area contributed by atoms with E-state index in [1.807, 2.05) is 13.1 Å². The van der Waals surface area contributed by atoms with Crippen LogP contribution in [-0.4, -0.2) is 84.3 Å². The lowest BCUT2D eigenvalue weighted by Gasteiger charge is -2.37. The molecule has 1 aliphatic heterocycles. The molecule has 0 spiro atoms. The smallest absolute Gasteiger partial charge is 0.255 e. The van der Waals surface area contributed by atoms with Crippen molar-refractivity contribution in [1.82, 2.24) is 14.8 Å². The summed E-state index contributed by atoms with van der Waals surface area (Å²) in [6, 6.07) is 9.68. The lowest BCUT2D eigenvalue weighted by molar-refractivity contribution is 0.0712. The minimum Gasteiger partial charge on any atom is -0.390 e. The summed E-state index contributed by atoms with van der Waals surface area (Å²) in [5, 5.41) is 13.1. The number of hydrogen-bond acceptors (Lipinski definition) is 6. The Morgan fingerprint density at radius 1 is 1.23 bits per heavy atom. The Bertz CT molecular complexity index is 853. The Morgan fingerprint density at radius 2 is 1.97 bits per heavy atom. The minimum absolute atomic E-state index is 0.266. The number of hydrogen-bond donors (Lipinski definition) is 2. The van der Waals surface area contributed by atoms with E-state index in [9.17, 15) is 14.3 Å². The first kappa shape index (κ1) is 23.1. The van der Waals surface area contributed by atoms with Crippen LogP contribution in [0.5, 0.6) is 0 Å². The number of nitrogens with zero attached hydrogens (tertiary/aromatic N) is 4. The third kappa shape index (κ3) is 6.72. The molecule has 1 saturated heterocycles. The fourth-order valence-corrected chi connectivity index (χ4v) is 3.54. The van der Waals surface area contributed by atoms with E-state index in [-0.39, 0.29) is 17.6 Å². The average molecular weight is 430 g/mol. The number of aromatic nitrogens is 1. The molecule has 2 heterocycles. The van der Waals surface area contributed by atoms with E-state index in [1.165, 1.54) is 18.2 Å². The second kappa shape index (κ2) is 10.7. The van der Waals surface area contributed by atoms with Crippen LogP contribution in [0.15, 0.2) is 42.6 Å². The summed E-state index contributed by atoms with van der Waals surface area (Å²) in [4.78, 5) is 23.3. The first-order chi connectivity index (χ1) is 14.8. The first-order valence-corrected chi connectivity index (χ1v) is 10.7. The highest BCUT2D eigenvalue weighted by molar-refractivity contribution is 6.04. The highest BCUT2D eigenvalue weighted by Crippen LogP contribution is 2.17. The predicted octanol–water partition coefficient (Wildman–Crippen LogP) is 2.30. The Morgan fingerprint density at radius 3 is 2.58 bits per heavy atom. The number of pyridine rings is 1. The summed E-state index contributed by atoms with van der Waals surface area (Å²) in [6.45, 7) is 8.97. The highest BCUT2D eigenvalue weighted by Gasteiger charge is 2.21. The van der Waals surface area contributed by atoms with Gasteiger partial charge in [-0.15, -0.1) is 0 Å². The van der Waals surface area contributed by atoms with Gasteiger partial charge in [-0.2, -0.15) is 0 Å². The zero-order valence-electron chi connectivity index (χ0n) is 18.5. The first-order valence-electron chi connectivity index (χ1n) is 10.7. The zero-order valence-corrected chi connectivity index (χ0v) is 18.5. The number of carbonyl (C=O) groups is 1. The number of piperazine rings is 1. The number of halogens is 1. The SMILES string of the molecule is CC(C)N(C)CC(O)CN1CCN(c2ccc(NC(=O)c3cccc(F)c3)cn2)CC1. The summed E-state index contributed by atoms with van der Waals surface area (Å²) in [6.07, 6.45) is 1.25. The Balaban J connectivity index is 1.47. The number of β-amino-alcohol motifs (C(OH)–C–C–N with tert-alkyl or cyclic N) is 1. The highest BCUT2D eigenvalue weighted by atomic mass is 19.1. The number of likely N-dealkylation sites (N-methyl/N-ethyl adjacent to an activating group) is 1. The Kier molecular flexibility index (Phi) is 7.95. The van der Waals surface area contributed by atoms with Crippen LogP contribution in [0.1, 0.15) is 24.2 Å². The molecule has 1 amide bonds. The van der Waals surface area contributed by atoms with Gasteiger partial charge >= 0.3 is 0 Å². The Labute approximate surface area is 183 Å². The molecule has 8 heteroatoms. The van der Waals surface area contributed by atoms with E-state index >= 15 is 0 Å². The maximum atomic E-state index is 13.3. The number of amides is 1. The van der Waals surface area contributed by atoms with E-state index in [0.717, 1.165) is 32.0 Å². The molecule has 0 aliphatic carbocycles. The van der Waals surface area contributed by atoms with Crippen LogP contribution in [0.3, 0.4) is 0 Å². The molecule has 7 nitrogen and oxygen atoms in total. The normalized spacial score (nSPS) is 16.0. The van der Waals surface area contributed by atoms with Crippen LogP contribution in [0.2, 0.25) is 0 Å². The number of benzene rings is 1. The van der Waals surface area contributed by atoms with Gasteiger partial charge in [-0.25, -0.2) is 9.37 Å². The summed E-state index contributed by atoms with van der Waals surface area (Å²) < 4.78 is 13.3. The number of aliphatic hydroxyl groups is 1. The summed E-state index contributed by atoms with van der Waals surface area (Å²) in [5.74, 6) is 0.0348. The molecule has 1 aromatic heterocycles. The third-order valence-electron chi connectivity index (χ3n) is 5.64. The number of rotatable bonds is 8. The molecule has 1 aliphatic rings. The van der Waals surface area contributed by atoms with Crippen LogP contribution in [0, 0.1) is 5.82 Å². The molecular formula is C23H32FN5O2. The molecule has 168 valence electrons. The third-order valence-corrected chi connectivity index (χ3v) is 5.64. The number of anilines is 2. The lowest BCUT2D eigenvalue weighted by atomic mass is 10.2. The van der Waals surface area contributed by atoms with Crippen molar-refractivity contribution in [2.75, 3.05) is 56.5 Å². The number of carbonyl (C=O) groups excluding carboxylic acids is 1. The van der Waals surface area contributed by atoms with Crippen molar-refractivity contribution in [2.24, 2.45) is 0 Å². The predicted molar refractivity (Wildman–Crippen MR) is 121 cm³/mol. The minimum atomic E-state index is -0.445. The van der Waals surface area contributed by atoms with E-state index in [0.29, 0.717) is 24.8 Å². The number of aliphatic hydroxyl groups excluding tert-OH is 1. The van der Waals surface area contributed by atoms with Crippen molar-refractivity contribution < 1.29 is 14.3 Å². The van der Waals surface area contributed by atoms with Crippen LogP contribution in [-0.2, 0) is 0 Å². The molecule has 1 atom stereocenters. The van der Waals surface area contributed by atoms with Crippen LogP contribution in [0.4, 0.5) is 15.9 Å². The molecule has 1 unspecified atom stereocenters. The second-order valence-electron chi connectivity index (χ2n) is 8.34. The summed E-state index contributed by atoms with van der Waals surface area (Å²) >= 11 is 0. The van der Waals surface area contributed by atoms with Gasteiger partial charge in [0.15, 0.2) is 0 Å². The van der Waals surface area contributed by atoms with Crippen molar-refractivity contribution >= 4 is 17.4 Å². The molecule has 2 aromatic rings. The van der Waals surface area contributed by atoms with Gasteiger partial charge in [0, 0.05) is 50.9 Å². The van der Waals surface area contributed by atoms with Gasteiger partial charge < -0.3 is 20.2 Å². The molecule has 31 heavy (non-hydrogen) atoms. The van der Waals surface area contributed by atoms with E-state index < -0.39 is 5.82 Å². The topological polar surface area (TPSA) is 71.9 Å². The van der Waals surface area contributed by atoms with Crippen molar-refractivity contribution in [2.45, 2.75) is 26.0 Å². The second-order valence-corrected chi connectivity index (χ2v) is 8.34. The van der Waals surface area contributed by atoms with Crippen LogP contribution >= 0.6 is 0 Å². The van der Waals surface area contributed by atoms with Crippen LogP contribution < -0.4 is 10.2 Å². The van der Waals surface area contributed by atoms with Gasteiger partial charge in [-0.3, -0.25) is 9.69 Å². The average Bonchev–Trinajstić information content (AvgIpc) is 2.74. The van der Waals surface area contributed by atoms with Crippen molar-refractivity contribution in [3.63, 3.8) is 0 Å². The molecule has 2 N–H and O–H groups in total. The van der Waals surface area contributed by atoms with E-state index in [1.54, 1.807) is 18.3 Å². The maximum Gasteiger partial charge on any atom is 0.255 e. The molecule has 0 radical (unpaired) electrons. The van der Waals surface area contributed by atoms with Gasteiger partial charge in [0.2, 0.25) is 0 Å². The maximum absolute atomic E-state index is 13.3. The van der Waals surface area contributed by atoms with Crippen molar-refractivity contribution in [1.29, 1.82) is 0 Å². The van der Waals surface area contributed by atoms with E-state index in [2.05, 4.69) is 38.8 Å². The largest absolute Gasteiger partial charge is 0.390 e. The van der Waals surface area contributed by atoms with Gasteiger partial charge in [-0.1, -0.05) is 6.07 Å². The Hall–Kier alpha value is -2.55. The fraction of sp³-hybridized carbons (Fsp3) is 0.478. The van der Waals surface area contributed by atoms with Crippen molar-refractivity contribution in [3.8, 4) is 0 Å². The quantitative estimate of drug-likeness (QED) is 0.671. The van der Waals surface area contributed by atoms with Gasteiger partial charge in [0.1, 0.15) is 11.6 Å². The van der Waals surface area contributed by atoms with E-state index in [4.69, 9.17) is 0 Å². The molecule has 0 saturated carbocycles. The summed E-state index contributed by atoms with van der Waals surface area (Å²) in [7, 11) is 2.03. The van der Waals surface area contributed by atoms with Crippen molar-refractivity contribution in [3.05, 3.63) is 54.0 Å². The van der Waals surface area contributed by atoms with Gasteiger partial charge in [-0.05, 0) is 51.2 Å². The molecule has 1 aromatic carbocycles. The lowest BCUT2D eigenvalue weighted by Crippen LogP contribution is -2.50. The fourth-order valence-electron chi connectivity index (χ4n) is 3.54. The molecule has 0 bridgehead atoms. The monoisotopic (exact) mass is 429 g/mol. The van der Waals surface area contributed by atoms with Crippen LogP contribution in [0.25, 0.3) is 0 Å². The standard InChI is InChI=1S/C23H32FN5O2/c1-17(2)27(3)15-21(30)16-28-9-11-29(12-10-28)22-8-7-20(14-25-22)26-23(31)18-5-4-6-19(24)13-18/h4-8,13-14,17,21,30H,9-12,15-16H2,1-3H3,(H,26,31). The summed E-state index contributed by atoms with van der Waals surface area (Å²) in [5.41, 5.74) is 0.830. The van der Waals surface area contributed by atoms with Gasteiger partial charge in [0.25, 0.3) is 5.91 Å². The zero-order chi connectivity index (χ0) is 22.4.